The molecule has 0 N–H and O–H groups in total. The van der Waals surface area contributed by atoms with Gasteiger partial charge < -0.3 is 0 Å². The van der Waals surface area contributed by atoms with Crippen LogP contribution in [-0.2, 0) is 22.1 Å². The van der Waals surface area contributed by atoms with Gasteiger partial charge in [-0.25, -0.2) is 0 Å². The van der Waals surface area contributed by atoms with Crippen LogP contribution in [0.4, 0.5) is 0 Å². The Morgan fingerprint density at radius 1 is 0.482 bits per heavy atom. The first-order valence-electron chi connectivity index (χ1n) is 23.1. The van der Waals surface area contributed by atoms with E-state index < -0.39 is 0 Å². The summed E-state index contributed by atoms with van der Waals surface area (Å²) in [6.45, 7) is 25.4. The van der Waals surface area contributed by atoms with Crippen molar-refractivity contribution in [3.8, 4) is 0 Å². The van der Waals surface area contributed by atoms with Gasteiger partial charge in [0.25, 0.3) is 0 Å². The van der Waals surface area contributed by atoms with Crippen LogP contribution >= 0.6 is 17.2 Å². The van der Waals surface area contributed by atoms with Gasteiger partial charge in [-0.3, -0.25) is 0 Å². The van der Waals surface area contributed by atoms with Crippen LogP contribution in [0.3, 0.4) is 0 Å². The standard InChI is InChI=1S/C54H76P2/c1-48(2,3)54(55,49(4,5)6)45-28-47(51(9,10)44-19-15-12-16-20-44)46(50(7,8)43-17-13-11-14-18-43)27-42(45)35-56(52-29-36-21-37(30-52)23-38(22-36)31-52)53-32-39-24-40(33-53)26-41(25-39)34-53/h11-20,27-28,36-41H,21-26,29-35,55H2,1-10H3. The molecule has 0 amide bonds. The fourth-order valence-corrected chi connectivity index (χ4v) is 21.3. The summed E-state index contributed by atoms with van der Waals surface area (Å²) in [5.74, 6) is 6.03. The second-order valence-corrected chi connectivity index (χ2v) is 28.2. The quantitative estimate of drug-likeness (QED) is 0.190. The monoisotopic (exact) mass is 787 g/mol. The van der Waals surface area contributed by atoms with Gasteiger partial charge in [-0.2, -0.15) is 0 Å². The molecule has 0 saturated heterocycles. The van der Waals surface area contributed by atoms with Crippen molar-refractivity contribution in [2.45, 2.75) is 179 Å². The summed E-state index contributed by atoms with van der Waals surface area (Å²) in [7, 11) is 3.41. The van der Waals surface area contributed by atoms with Crippen molar-refractivity contribution in [3.05, 3.63) is 106 Å². The Balaban J connectivity index is 1.32. The molecule has 0 radical (unpaired) electrons. The van der Waals surface area contributed by atoms with Gasteiger partial charge >= 0.3 is 0 Å². The molecule has 0 aromatic heterocycles. The van der Waals surface area contributed by atoms with Crippen molar-refractivity contribution in [2.75, 3.05) is 0 Å². The lowest BCUT2D eigenvalue weighted by Crippen LogP contribution is -2.56. The molecule has 2 heteroatoms. The molecule has 0 spiro atoms. The molecule has 56 heavy (non-hydrogen) atoms. The highest BCUT2D eigenvalue weighted by molar-refractivity contribution is 7.60. The van der Waals surface area contributed by atoms with Gasteiger partial charge in [0.2, 0.25) is 0 Å². The summed E-state index contributed by atoms with van der Waals surface area (Å²) in [6, 6.07) is 28.7. The SMILES string of the molecule is CC(C)(c1ccccc1)c1cc(CP(C23CC4CC(CC(C4)C2)C3)C23CC4CC(CC(C4)C2)C3)c(C(P)(C(C)(C)C)C(C)(C)C)cc1C(C)(C)c1ccccc1. The van der Waals surface area contributed by atoms with E-state index in [1.807, 2.05) is 0 Å². The Bertz CT molecular complexity index is 1790. The highest BCUT2D eigenvalue weighted by atomic mass is 31.1. The molecule has 302 valence electrons. The summed E-state index contributed by atoms with van der Waals surface area (Å²) in [5.41, 5.74) is 9.06. The van der Waals surface area contributed by atoms with Gasteiger partial charge in [0.15, 0.2) is 0 Å². The molecule has 0 nitrogen and oxygen atoms in total. The van der Waals surface area contributed by atoms with Crippen molar-refractivity contribution in [2.24, 2.45) is 46.3 Å². The second-order valence-electron chi connectivity index (χ2n) is 24.2. The summed E-state index contributed by atoms with van der Waals surface area (Å²) >= 11 is 0. The van der Waals surface area contributed by atoms with E-state index in [4.69, 9.17) is 0 Å². The van der Waals surface area contributed by atoms with Crippen molar-refractivity contribution in [1.82, 2.24) is 0 Å². The van der Waals surface area contributed by atoms with E-state index in [0.717, 1.165) is 35.5 Å². The minimum atomic E-state index is -0.214. The highest BCUT2D eigenvalue weighted by Crippen LogP contribution is 2.80. The van der Waals surface area contributed by atoms with Crippen LogP contribution in [0.1, 0.15) is 180 Å². The van der Waals surface area contributed by atoms with Crippen molar-refractivity contribution >= 4 is 17.2 Å². The fourth-order valence-electron chi connectivity index (χ4n) is 15.9. The topological polar surface area (TPSA) is 0 Å². The van der Waals surface area contributed by atoms with Gasteiger partial charge in [0, 0.05) is 16.0 Å². The summed E-state index contributed by atoms with van der Waals surface area (Å²) in [5, 5.41) is 1.07. The maximum atomic E-state index is 3.62. The third kappa shape index (κ3) is 6.32. The Kier molecular flexibility index (Phi) is 9.64. The van der Waals surface area contributed by atoms with Crippen LogP contribution in [-0.4, -0.2) is 10.3 Å². The molecule has 11 rings (SSSR count). The van der Waals surface area contributed by atoms with Crippen LogP contribution in [0.25, 0.3) is 0 Å². The first-order chi connectivity index (χ1) is 26.2. The summed E-state index contributed by atoms with van der Waals surface area (Å²) < 4.78 is 0. The van der Waals surface area contributed by atoms with Gasteiger partial charge in [0.05, 0.1) is 0 Å². The summed E-state index contributed by atoms with van der Waals surface area (Å²) in [4.78, 5) is 0. The zero-order valence-electron chi connectivity index (χ0n) is 37.1. The van der Waals surface area contributed by atoms with E-state index in [1.54, 1.807) is 93.7 Å². The van der Waals surface area contributed by atoms with E-state index in [2.05, 4.69) is 151 Å². The van der Waals surface area contributed by atoms with E-state index in [0.29, 0.717) is 10.3 Å². The van der Waals surface area contributed by atoms with Crippen molar-refractivity contribution < 1.29 is 0 Å². The van der Waals surface area contributed by atoms with Crippen LogP contribution in [0, 0.1) is 46.3 Å². The van der Waals surface area contributed by atoms with Crippen LogP contribution in [0.2, 0.25) is 0 Å². The summed E-state index contributed by atoms with van der Waals surface area (Å²) in [6.07, 6.45) is 20.0. The molecule has 8 saturated carbocycles. The Hall–Kier alpha value is -1.48. The molecule has 1 unspecified atom stereocenters. The number of hydrogen-bond acceptors (Lipinski definition) is 0. The molecular formula is C54H76P2. The lowest BCUT2D eigenvalue weighted by molar-refractivity contribution is 0.0184. The molecule has 0 heterocycles. The van der Waals surface area contributed by atoms with Crippen LogP contribution in [0.15, 0.2) is 72.8 Å². The van der Waals surface area contributed by atoms with Gasteiger partial charge in [-0.05, 0) is 173 Å². The van der Waals surface area contributed by atoms with E-state index in [9.17, 15) is 0 Å². The van der Waals surface area contributed by atoms with E-state index in [-0.39, 0.29) is 34.7 Å². The first kappa shape index (κ1) is 40.0. The molecule has 0 aliphatic heterocycles. The lowest BCUT2D eigenvalue weighted by Gasteiger charge is -2.68. The maximum absolute atomic E-state index is 3.62. The molecule has 8 bridgehead atoms. The number of benzene rings is 3. The smallest absolute Gasteiger partial charge is 0.0197 e. The minimum Gasteiger partial charge on any atom is -0.125 e. The predicted octanol–water partition coefficient (Wildman–Crippen LogP) is 15.4. The van der Waals surface area contributed by atoms with Crippen LogP contribution < -0.4 is 0 Å². The predicted molar refractivity (Wildman–Crippen MR) is 246 cm³/mol. The molecular weight excluding hydrogens is 711 g/mol. The van der Waals surface area contributed by atoms with E-state index >= 15 is 0 Å². The number of rotatable bonds is 9. The fraction of sp³-hybridized carbons (Fsp3) is 0.667. The zero-order valence-corrected chi connectivity index (χ0v) is 39.2. The Morgan fingerprint density at radius 2 is 0.804 bits per heavy atom. The van der Waals surface area contributed by atoms with E-state index in [1.165, 1.54) is 22.9 Å². The van der Waals surface area contributed by atoms with Crippen molar-refractivity contribution in [1.29, 1.82) is 0 Å². The molecule has 3 aromatic rings. The van der Waals surface area contributed by atoms with Gasteiger partial charge in [-0.1, -0.05) is 150 Å². The third-order valence-electron chi connectivity index (χ3n) is 17.9. The zero-order chi connectivity index (χ0) is 39.7. The highest BCUT2D eigenvalue weighted by Gasteiger charge is 2.63. The maximum Gasteiger partial charge on any atom is 0.0197 e. The minimum absolute atomic E-state index is 0.0411. The number of hydrogen-bond donors (Lipinski definition) is 0. The average Bonchev–Trinajstić information content (AvgIpc) is 3.11. The third-order valence-corrected chi connectivity index (χ3v) is 23.9. The Labute approximate surface area is 346 Å². The first-order valence-corrected chi connectivity index (χ1v) is 25.2. The van der Waals surface area contributed by atoms with Crippen LogP contribution in [0.5, 0.6) is 0 Å². The Morgan fingerprint density at radius 3 is 1.12 bits per heavy atom. The molecule has 8 aliphatic carbocycles. The van der Waals surface area contributed by atoms with Gasteiger partial charge in [0.1, 0.15) is 0 Å². The molecule has 1 atom stereocenters. The van der Waals surface area contributed by atoms with Crippen molar-refractivity contribution in [3.63, 3.8) is 0 Å². The largest absolute Gasteiger partial charge is 0.125 e. The molecule has 8 fully saturated rings. The normalized spacial score (nSPS) is 33.3. The average molecular weight is 787 g/mol. The molecule has 8 aliphatic rings. The lowest BCUT2D eigenvalue weighted by atomic mass is 9.55. The molecule has 3 aromatic carbocycles. The second kappa shape index (κ2) is 13.5. The van der Waals surface area contributed by atoms with Gasteiger partial charge in [-0.15, -0.1) is 9.24 Å².